The Morgan fingerprint density at radius 2 is 1.77 bits per heavy atom. The van der Waals surface area contributed by atoms with E-state index in [1.165, 1.54) is 11.8 Å². The minimum atomic E-state index is -0.0200. The molecule has 0 aliphatic rings. The van der Waals surface area contributed by atoms with Crippen LogP contribution in [0.5, 0.6) is 5.75 Å². The van der Waals surface area contributed by atoms with E-state index in [2.05, 4.69) is 15.5 Å². The van der Waals surface area contributed by atoms with E-state index in [0.717, 1.165) is 11.4 Å². The maximum absolute atomic E-state index is 12.5. The molecule has 0 atom stereocenters. The molecule has 0 aliphatic carbocycles. The van der Waals surface area contributed by atoms with Gasteiger partial charge in [0.25, 0.3) is 0 Å². The molecule has 9 nitrogen and oxygen atoms in total. The second-order valence-electron chi connectivity index (χ2n) is 5.23. The van der Waals surface area contributed by atoms with Crippen molar-refractivity contribution in [2.45, 2.75) is 5.16 Å². The molecule has 10 heteroatoms. The standard InChI is InChI=1S/C16H23N5O4S/c1-23-10-8-20(9-11-24-2)15(22)12-26-16-17-18-19-21(16)13-4-6-14(25-3)7-5-13/h4-7H,8-12H2,1-3H3. The van der Waals surface area contributed by atoms with Gasteiger partial charge in [-0.1, -0.05) is 11.8 Å². The van der Waals surface area contributed by atoms with E-state index >= 15 is 0 Å². The normalized spacial score (nSPS) is 10.7. The summed E-state index contributed by atoms with van der Waals surface area (Å²) in [6.45, 7) is 1.98. The number of benzene rings is 1. The lowest BCUT2D eigenvalue weighted by Gasteiger charge is -2.21. The second-order valence-corrected chi connectivity index (χ2v) is 6.17. The third kappa shape index (κ3) is 5.68. The fourth-order valence-corrected chi connectivity index (χ4v) is 2.93. The number of carbonyl (C=O) groups is 1. The van der Waals surface area contributed by atoms with Gasteiger partial charge in [0.05, 0.1) is 31.8 Å². The smallest absolute Gasteiger partial charge is 0.233 e. The first-order valence-electron chi connectivity index (χ1n) is 8.00. The first-order valence-corrected chi connectivity index (χ1v) is 8.99. The Morgan fingerprint density at radius 1 is 1.12 bits per heavy atom. The Bertz CT molecular complexity index is 672. The number of methoxy groups -OCH3 is 3. The summed E-state index contributed by atoms with van der Waals surface area (Å²) in [5.74, 6) is 0.954. The molecular formula is C16H23N5O4S. The van der Waals surface area contributed by atoms with Crippen LogP contribution in [-0.2, 0) is 14.3 Å². The Kier molecular flexibility index (Phi) is 8.32. The average molecular weight is 381 g/mol. The molecule has 1 amide bonds. The van der Waals surface area contributed by atoms with Crippen molar-refractivity contribution in [2.24, 2.45) is 0 Å². The minimum absolute atomic E-state index is 0.0200. The molecule has 2 rings (SSSR count). The zero-order valence-electron chi connectivity index (χ0n) is 15.1. The summed E-state index contributed by atoms with van der Waals surface area (Å²) in [6.07, 6.45) is 0. The minimum Gasteiger partial charge on any atom is -0.497 e. The van der Waals surface area contributed by atoms with Gasteiger partial charge in [-0.15, -0.1) is 5.10 Å². The summed E-state index contributed by atoms with van der Waals surface area (Å²) in [6, 6.07) is 7.36. The van der Waals surface area contributed by atoms with Crippen molar-refractivity contribution in [3.8, 4) is 11.4 Å². The van der Waals surface area contributed by atoms with Gasteiger partial charge in [-0.25, -0.2) is 0 Å². The zero-order chi connectivity index (χ0) is 18.8. The van der Waals surface area contributed by atoms with Crippen molar-refractivity contribution < 1.29 is 19.0 Å². The molecule has 0 aliphatic heterocycles. The molecule has 0 saturated carbocycles. The molecule has 1 aromatic heterocycles. The van der Waals surface area contributed by atoms with Crippen LogP contribution in [0.25, 0.3) is 5.69 Å². The number of aromatic nitrogens is 4. The highest BCUT2D eigenvalue weighted by Crippen LogP contribution is 2.20. The maximum atomic E-state index is 12.5. The predicted molar refractivity (Wildman–Crippen MR) is 96.8 cm³/mol. The van der Waals surface area contributed by atoms with Crippen LogP contribution >= 0.6 is 11.8 Å². The predicted octanol–water partition coefficient (Wildman–Crippen LogP) is 0.884. The Morgan fingerprint density at radius 3 is 2.35 bits per heavy atom. The van der Waals surface area contributed by atoms with Crippen LogP contribution in [-0.4, -0.2) is 84.4 Å². The molecule has 0 N–H and O–H groups in total. The van der Waals surface area contributed by atoms with Gasteiger partial charge < -0.3 is 19.1 Å². The highest BCUT2D eigenvalue weighted by molar-refractivity contribution is 7.99. The number of rotatable bonds is 11. The number of ether oxygens (including phenoxy) is 3. The zero-order valence-corrected chi connectivity index (χ0v) is 15.9. The van der Waals surface area contributed by atoms with E-state index in [1.807, 2.05) is 24.3 Å². The number of tetrazole rings is 1. The lowest BCUT2D eigenvalue weighted by molar-refractivity contribution is -0.129. The molecule has 142 valence electrons. The number of hydrogen-bond acceptors (Lipinski definition) is 8. The van der Waals surface area contributed by atoms with Crippen molar-refractivity contribution in [1.29, 1.82) is 0 Å². The summed E-state index contributed by atoms with van der Waals surface area (Å²) in [7, 11) is 4.82. The Hall–Kier alpha value is -2.17. The van der Waals surface area contributed by atoms with Crippen molar-refractivity contribution in [3.05, 3.63) is 24.3 Å². The molecule has 1 heterocycles. The van der Waals surface area contributed by atoms with Crippen molar-refractivity contribution in [1.82, 2.24) is 25.1 Å². The Balaban J connectivity index is 1.99. The largest absolute Gasteiger partial charge is 0.497 e. The molecule has 1 aromatic carbocycles. The number of hydrogen-bond donors (Lipinski definition) is 0. The third-order valence-corrected chi connectivity index (χ3v) is 4.47. The quantitative estimate of drug-likeness (QED) is 0.530. The lowest BCUT2D eigenvalue weighted by Crippen LogP contribution is -2.37. The summed E-state index contributed by atoms with van der Waals surface area (Å²) in [5.41, 5.74) is 0.793. The molecule has 0 spiro atoms. The fraction of sp³-hybridized carbons (Fsp3) is 0.500. The van der Waals surface area contributed by atoms with Crippen LogP contribution in [0.4, 0.5) is 0 Å². The van der Waals surface area contributed by atoms with Crippen molar-refractivity contribution in [3.63, 3.8) is 0 Å². The molecular weight excluding hydrogens is 358 g/mol. The van der Waals surface area contributed by atoms with E-state index in [1.54, 1.807) is 30.9 Å². The van der Waals surface area contributed by atoms with Crippen LogP contribution in [0.15, 0.2) is 29.4 Å². The second kappa shape index (κ2) is 10.7. The fourth-order valence-electron chi connectivity index (χ4n) is 2.14. The van der Waals surface area contributed by atoms with Crippen molar-refractivity contribution in [2.75, 3.05) is 53.4 Å². The van der Waals surface area contributed by atoms with Crippen LogP contribution in [0.2, 0.25) is 0 Å². The highest BCUT2D eigenvalue weighted by atomic mass is 32.2. The van der Waals surface area contributed by atoms with E-state index in [0.29, 0.717) is 31.5 Å². The maximum Gasteiger partial charge on any atom is 0.233 e. The van der Waals surface area contributed by atoms with Gasteiger partial charge in [0.15, 0.2) is 0 Å². The molecule has 0 saturated heterocycles. The molecule has 26 heavy (non-hydrogen) atoms. The van der Waals surface area contributed by atoms with E-state index < -0.39 is 0 Å². The van der Waals surface area contributed by atoms with E-state index in [9.17, 15) is 4.79 Å². The van der Waals surface area contributed by atoms with Gasteiger partial charge in [0.2, 0.25) is 11.1 Å². The highest BCUT2D eigenvalue weighted by Gasteiger charge is 2.16. The van der Waals surface area contributed by atoms with Gasteiger partial charge in [0.1, 0.15) is 5.75 Å². The van der Waals surface area contributed by atoms with Crippen LogP contribution in [0.1, 0.15) is 0 Å². The van der Waals surface area contributed by atoms with Crippen molar-refractivity contribution >= 4 is 17.7 Å². The molecule has 0 bridgehead atoms. The Labute approximate surface area is 156 Å². The SMILES string of the molecule is COCCN(CCOC)C(=O)CSc1nnnn1-c1ccc(OC)cc1. The van der Waals surface area contributed by atoms with Gasteiger partial charge >= 0.3 is 0 Å². The first-order chi connectivity index (χ1) is 12.7. The molecule has 0 fully saturated rings. The average Bonchev–Trinajstić information content (AvgIpc) is 3.15. The summed E-state index contributed by atoms with van der Waals surface area (Å²) in [4.78, 5) is 14.2. The van der Waals surface area contributed by atoms with Crippen LogP contribution in [0.3, 0.4) is 0 Å². The van der Waals surface area contributed by atoms with Crippen LogP contribution < -0.4 is 4.74 Å². The summed E-state index contributed by atoms with van der Waals surface area (Å²) < 4.78 is 16.9. The topological polar surface area (TPSA) is 91.6 Å². The number of nitrogens with zero attached hydrogens (tertiary/aromatic N) is 5. The van der Waals surface area contributed by atoms with E-state index in [4.69, 9.17) is 14.2 Å². The van der Waals surface area contributed by atoms with Gasteiger partial charge in [0, 0.05) is 27.3 Å². The monoisotopic (exact) mass is 381 g/mol. The van der Waals surface area contributed by atoms with E-state index in [-0.39, 0.29) is 11.7 Å². The summed E-state index contributed by atoms with van der Waals surface area (Å²) in [5, 5.41) is 12.2. The lowest BCUT2D eigenvalue weighted by atomic mass is 10.3. The molecule has 0 radical (unpaired) electrons. The molecule has 0 unspecified atom stereocenters. The summed E-state index contributed by atoms with van der Waals surface area (Å²) >= 11 is 1.28. The third-order valence-electron chi connectivity index (χ3n) is 3.57. The number of thioether (sulfide) groups is 1. The number of carbonyl (C=O) groups excluding carboxylic acids is 1. The number of amides is 1. The van der Waals surface area contributed by atoms with Gasteiger partial charge in [-0.05, 0) is 34.7 Å². The first kappa shape index (κ1) is 20.1. The van der Waals surface area contributed by atoms with Gasteiger partial charge in [-0.2, -0.15) is 4.68 Å². The molecule has 2 aromatic rings. The van der Waals surface area contributed by atoms with Crippen LogP contribution in [0, 0.1) is 0 Å². The van der Waals surface area contributed by atoms with Gasteiger partial charge in [-0.3, -0.25) is 4.79 Å².